The van der Waals surface area contributed by atoms with Crippen molar-refractivity contribution >= 4 is 11.0 Å². The molecule has 12 heteroatoms. The Hall–Kier alpha value is -4.35. The minimum absolute atomic E-state index is 0.0975. The maximum absolute atomic E-state index is 13.0. The summed E-state index contributed by atoms with van der Waals surface area (Å²) < 4.78 is 47.6. The lowest BCUT2D eigenvalue weighted by Gasteiger charge is -2.13. The molecule has 5 rings (SSSR count). The van der Waals surface area contributed by atoms with Crippen LogP contribution in [0.1, 0.15) is 42.4 Å². The highest BCUT2D eigenvalue weighted by atomic mass is 19.4. The molecule has 5 aromatic rings. The normalized spacial score (nSPS) is 12.0. The summed E-state index contributed by atoms with van der Waals surface area (Å²) in [6.45, 7) is 6.02. The number of hydrogen-bond donors (Lipinski definition) is 0. The molecular weight excluding hydrogens is 485 g/mol. The van der Waals surface area contributed by atoms with E-state index in [0.29, 0.717) is 40.8 Å². The molecular formula is C25H23F3N8O. The molecule has 0 fully saturated rings. The highest BCUT2D eigenvalue weighted by Crippen LogP contribution is 2.33. The van der Waals surface area contributed by atoms with Gasteiger partial charge >= 0.3 is 6.18 Å². The molecule has 0 amide bonds. The minimum atomic E-state index is -4.50. The first kappa shape index (κ1) is 24.3. The summed E-state index contributed by atoms with van der Waals surface area (Å²) in [4.78, 5) is 17.9. The van der Waals surface area contributed by atoms with Gasteiger partial charge in [0.15, 0.2) is 17.2 Å². The summed E-state index contributed by atoms with van der Waals surface area (Å²) >= 11 is 0. The summed E-state index contributed by atoms with van der Waals surface area (Å²) in [5.41, 5.74) is 2.91. The van der Waals surface area contributed by atoms with Crippen molar-refractivity contribution < 1.29 is 17.9 Å². The van der Waals surface area contributed by atoms with Crippen LogP contribution < -0.4 is 4.74 Å². The van der Waals surface area contributed by atoms with Gasteiger partial charge < -0.3 is 4.74 Å². The van der Waals surface area contributed by atoms with Gasteiger partial charge in [0.1, 0.15) is 11.9 Å². The highest BCUT2D eigenvalue weighted by Gasteiger charge is 2.34. The zero-order valence-corrected chi connectivity index (χ0v) is 20.5. The molecule has 1 aromatic carbocycles. The fourth-order valence-electron chi connectivity index (χ4n) is 4.08. The van der Waals surface area contributed by atoms with E-state index in [9.17, 15) is 13.2 Å². The Kier molecular flexibility index (Phi) is 6.10. The second kappa shape index (κ2) is 9.26. The van der Waals surface area contributed by atoms with Crippen LogP contribution in [-0.4, -0.2) is 46.6 Å². The molecule has 0 bridgehead atoms. The van der Waals surface area contributed by atoms with Crippen molar-refractivity contribution in [3.63, 3.8) is 0 Å². The SMILES string of the molecule is COc1ncnc(C(C)C)c1-c1ncc2cnn(Cc3ccc(-n4nc(C(F)(F)F)cc4C)cc3)c2n1. The van der Waals surface area contributed by atoms with Gasteiger partial charge in [-0.1, -0.05) is 26.0 Å². The lowest BCUT2D eigenvalue weighted by atomic mass is 10.0. The first-order chi connectivity index (χ1) is 17.7. The standard InChI is InChI=1S/C25H23F3N8O/c1-14(2)21-20(24(37-4)31-13-30-21)22-29-10-17-11-32-35(23(17)33-22)12-16-5-7-18(8-6-16)36-15(3)9-19(34-36)25(26,27)28/h5-11,13-14H,12H2,1-4H3. The lowest BCUT2D eigenvalue weighted by Crippen LogP contribution is -2.08. The largest absolute Gasteiger partial charge is 0.480 e. The van der Waals surface area contributed by atoms with Gasteiger partial charge in [-0.05, 0) is 36.6 Å². The summed E-state index contributed by atoms with van der Waals surface area (Å²) in [5, 5.41) is 8.92. The minimum Gasteiger partial charge on any atom is -0.480 e. The Morgan fingerprint density at radius 2 is 1.78 bits per heavy atom. The van der Waals surface area contributed by atoms with Gasteiger partial charge in [0.2, 0.25) is 5.88 Å². The molecule has 4 heterocycles. The van der Waals surface area contributed by atoms with E-state index >= 15 is 0 Å². The third-order valence-electron chi connectivity index (χ3n) is 5.87. The van der Waals surface area contributed by atoms with E-state index < -0.39 is 11.9 Å². The number of fused-ring (bicyclic) bond motifs is 1. The lowest BCUT2D eigenvalue weighted by molar-refractivity contribution is -0.141. The maximum Gasteiger partial charge on any atom is 0.435 e. The molecule has 0 aliphatic heterocycles. The molecule has 0 saturated heterocycles. The predicted molar refractivity (Wildman–Crippen MR) is 129 cm³/mol. The van der Waals surface area contributed by atoms with Crippen molar-refractivity contribution in [1.82, 2.24) is 39.5 Å². The summed E-state index contributed by atoms with van der Waals surface area (Å²) in [7, 11) is 1.54. The molecule has 9 nitrogen and oxygen atoms in total. The number of nitrogens with zero attached hydrogens (tertiary/aromatic N) is 8. The van der Waals surface area contributed by atoms with Gasteiger partial charge in [0.05, 0.1) is 36.6 Å². The number of hydrogen-bond acceptors (Lipinski definition) is 7. The van der Waals surface area contributed by atoms with E-state index in [1.165, 1.54) is 18.1 Å². The molecule has 0 N–H and O–H groups in total. The molecule has 0 unspecified atom stereocenters. The first-order valence-corrected chi connectivity index (χ1v) is 11.5. The van der Waals surface area contributed by atoms with Crippen molar-refractivity contribution in [3.8, 4) is 23.0 Å². The van der Waals surface area contributed by atoms with Gasteiger partial charge in [-0.15, -0.1) is 0 Å². The number of rotatable bonds is 6. The Morgan fingerprint density at radius 1 is 1.03 bits per heavy atom. The van der Waals surface area contributed by atoms with Gasteiger partial charge in [0, 0.05) is 11.9 Å². The van der Waals surface area contributed by atoms with Crippen molar-refractivity contribution in [2.45, 2.75) is 39.4 Å². The van der Waals surface area contributed by atoms with E-state index in [0.717, 1.165) is 22.7 Å². The van der Waals surface area contributed by atoms with Crippen molar-refractivity contribution in [2.75, 3.05) is 7.11 Å². The second-order valence-electron chi connectivity index (χ2n) is 8.82. The monoisotopic (exact) mass is 508 g/mol. The summed E-state index contributed by atoms with van der Waals surface area (Å²) in [6.07, 6.45) is 0.337. The van der Waals surface area contributed by atoms with E-state index in [1.54, 1.807) is 36.1 Å². The molecule has 0 saturated carbocycles. The fraction of sp³-hybridized carbons (Fsp3) is 0.280. The van der Waals surface area contributed by atoms with Crippen LogP contribution >= 0.6 is 0 Å². The van der Waals surface area contributed by atoms with Crippen LogP contribution in [0.3, 0.4) is 0 Å². The number of halogens is 3. The Bertz CT molecular complexity index is 1570. The number of aryl methyl sites for hydroxylation is 1. The fourth-order valence-corrected chi connectivity index (χ4v) is 4.08. The third-order valence-corrected chi connectivity index (χ3v) is 5.87. The predicted octanol–water partition coefficient (Wildman–Crippen LogP) is 4.98. The topological polar surface area (TPSA) is 96.4 Å². The zero-order chi connectivity index (χ0) is 26.3. The average Bonchev–Trinajstić information content (AvgIpc) is 3.47. The Labute approximate surface area is 210 Å². The smallest absolute Gasteiger partial charge is 0.435 e. The van der Waals surface area contributed by atoms with Crippen LogP contribution in [-0.2, 0) is 12.7 Å². The highest BCUT2D eigenvalue weighted by molar-refractivity contribution is 5.77. The Morgan fingerprint density at radius 3 is 2.43 bits per heavy atom. The summed E-state index contributed by atoms with van der Waals surface area (Å²) in [6, 6.07) is 8.12. The van der Waals surface area contributed by atoms with Crippen LogP contribution in [0, 0.1) is 6.92 Å². The number of alkyl halides is 3. The van der Waals surface area contributed by atoms with E-state index in [2.05, 4.69) is 25.1 Å². The van der Waals surface area contributed by atoms with Crippen molar-refractivity contribution in [3.05, 3.63) is 71.7 Å². The van der Waals surface area contributed by atoms with Crippen LogP contribution in [0.25, 0.3) is 28.1 Å². The summed E-state index contributed by atoms with van der Waals surface area (Å²) in [5.74, 6) is 0.919. The van der Waals surface area contributed by atoms with Crippen LogP contribution in [0.2, 0.25) is 0 Å². The van der Waals surface area contributed by atoms with Gasteiger partial charge in [-0.2, -0.15) is 23.4 Å². The number of aromatic nitrogens is 8. The zero-order valence-electron chi connectivity index (χ0n) is 20.5. The van der Waals surface area contributed by atoms with Gasteiger partial charge in [-0.3, -0.25) is 0 Å². The molecule has 0 radical (unpaired) electrons. The van der Waals surface area contributed by atoms with Crippen molar-refractivity contribution in [1.29, 1.82) is 0 Å². The molecule has 4 aromatic heterocycles. The molecule has 0 atom stereocenters. The van der Waals surface area contributed by atoms with Crippen LogP contribution in [0.4, 0.5) is 13.2 Å². The number of ether oxygens (including phenoxy) is 1. The molecule has 0 aliphatic rings. The second-order valence-corrected chi connectivity index (χ2v) is 8.82. The average molecular weight is 509 g/mol. The number of benzene rings is 1. The van der Waals surface area contributed by atoms with Crippen LogP contribution in [0.5, 0.6) is 5.88 Å². The molecule has 190 valence electrons. The first-order valence-electron chi connectivity index (χ1n) is 11.5. The Balaban J connectivity index is 1.47. The van der Waals surface area contributed by atoms with Crippen LogP contribution in [0.15, 0.2) is 49.1 Å². The quantitative estimate of drug-likeness (QED) is 0.319. The number of methoxy groups -OCH3 is 1. The molecule has 37 heavy (non-hydrogen) atoms. The van der Waals surface area contributed by atoms with E-state index in [4.69, 9.17) is 9.72 Å². The molecule has 0 aliphatic carbocycles. The van der Waals surface area contributed by atoms with Gasteiger partial charge in [0.25, 0.3) is 0 Å². The maximum atomic E-state index is 13.0. The molecule has 0 spiro atoms. The van der Waals surface area contributed by atoms with E-state index in [1.807, 2.05) is 26.0 Å². The van der Waals surface area contributed by atoms with E-state index in [-0.39, 0.29) is 5.92 Å². The van der Waals surface area contributed by atoms with Crippen molar-refractivity contribution in [2.24, 2.45) is 0 Å². The third kappa shape index (κ3) is 4.61. The van der Waals surface area contributed by atoms with Gasteiger partial charge in [-0.25, -0.2) is 29.3 Å².